The minimum Gasteiger partial charge on any atom is -0.480 e. The molecule has 1 fully saturated rings. The standard InChI is InChI=1S/C23H23ClF3N5O4/c1-11-9-31(2)20(28-11)19-29-15(10-32-7-6-23(26,27)18(32)21(33)34)16(22(35)36-3)17(30-19)13-5-4-12(25)8-14(13)24/h4-5,8-9,17-18H,6-7,10H2,1-3H3,(H,29,30)(H,33,34). The number of aromatic nitrogens is 2. The van der Waals surface area contributed by atoms with Gasteiger partial charge < -0.3 is 19.7 Å². The normalized spacial score (nSPS) is 21.8. The molecule has 4 rings (SSSR count). The number of aliphatic carboxylic acids is 1. The van der Waals surface area contributed by atoms with E-state index < -0.39 is 42.2 Å². The number of amidine groups is 1. The van der Waals surface area contributed by atoms with Gasteiger partial charge in [-0.15, -0.1) is 0 Å². The number of carbonyl (C=O) groups excluding carboxylic acids is 1. The molecule has 0 bridgehead atoms. The number of rotatable bonds is 6. The van der Waals surface area contributed by atoms with Gasteiger partial charge in [0.2, 0.25) is 0 Å². The van der Waals surface area contributed by atoms with Crippen LogP contribution in [0, 0.1) is 12.7 Å². The molecule has 0 amide bonds. The zero-order valence-corrected chi connectivity index (χ0v) is 20.3. The van der Waals surface area contributed by atoms with E-state index in [2.05, 4.69) is 15.3 Å². The van der Waals surface area contributed by atoms with Crippen LogP contribution in [0.4, 0.5) is 13.2 Å². The number of carboxylic acids is 1. The molecule has 0 spiro atoms. The Bertz CT molecular complexity index is 1290. The average Bonchev–Trinajstić information content (AvgIpc) is 3.29. The van der Waals surface area contributed by atoms with Gasteiger partial charge in [0.1, 0.15) is 11.9 Å². The number of hydrogen-bond acceptors (Lipinski definition) is 7. The minimum atomic E-state index is -3.46. The van der Waals surface area contributed by atoms with E-state index in [0.717, 1.165) is 24.1 Å². The average molecular weight is 526 g/mol. The first kappa shape index (κ1) is 25.7. The number of carboxylic acid groups (broad SMARTS) is 1. The molecule has 2 aromatic rings. The second-order valence-corrected chi connectivity index (χ2v) is 9.00. The van der Waals surface area contributed by atoms with Crippen LogP contribution < -0.4 is 5.32 Å². The van der Waals surface area contributed by atoms with Crippen LogP contribution in [0.25, 0.3) is 0 Å². The lowest BCUT2D eigenvalue weighted by molar-refractivity contribution is -0.152. The van der Waals surface area contributed by atoms with Crippen molar-refractivity contribution in [1.29, 1.82) is 0 Å². The SMILES string of the molecule is COC(=O)C1=C(CN2CCC(F)(F)C2C(=O)O)NC(c2nc(C)cn2C)=NC1c1ccc(F)cc1Cl. The smallest absolute Gasteiger partial charge is 0.338 e. The summed E-state index contributed by atoms with van der Waals surface area (Å²) in [4.78, 5) is 34.8. The van der Waals surface area contributed by atoms with Crippen molar-refractivity contribution in [2.24, 2.45) is 12.0 Å². The van der Waals surface area contributed by atoms with Crippen LogP contribution in [0.5, 0.6) is 0 Å². The van der Waals surface area contributed by atoms with Crippen LogP contribution >= 0.6 is 11.6 Å². The van der Waals surface area contributed by atoms with Gasteiger partial charge in [0.15, 0.2) is 17.7 Å². The molecule has 2 atom stereocenters. The molecular formula is C23H23ClF3N5O4. The summed E-state index contributed by atoms with van der Waals surface area (Å²) in [7, 11) is 2.86. The fourth-order valence-corrected chi connectivity index (χ4v) is 4.78. The largest absolute Gasteiger partial charge is 0.480 e. The number of methoxy groups -OCH3 is 1. The Morgan fingerprint density at radius 1 is 1.36 bits per heavy atom. The number of imidazole rings is 1. The number of aliphatic imine (C=N–C) groups is 1. The van der Waals surface area contributed by atoms with Crippen molar-refractivity contribution >= 4 is 29.4 Å². The lowest BCUT2D eigenvalue weighted by atomic mass is 9.95. The maximum atomic E-state index is 14.4. The molecule has 0 saturated carbocycles. The molecule has 2 aliphatic rings. The Kier molecular flexibility index (Phi) is 6.84. The van der Waals surface area contributed by atoms with Crippen molar-refractivity contribution in [2.75, 3.05) is 20.2 Å². The minimum absolute atomic E-state index is 0.0158. The molecule has 1 aromatic carbocycles. The number of aryl methyl sites for hydroxylation is 2. The van der Waals surface area contributed by atoms with Crippen molar-refractivity contribution in [3.8, 4) is 0 Å². The van der Waals surface area contributed by atoms with Crippen molar-refractivity contribution in [3.05, 3.63) is 63.6 Å². The van der Waals surface area contributed by atoms with Crippen molar-refractivity contribution in [2.45, 2.75) is 31.4 Å². The van der Waals surface area contributed by atoms with Crippen LogP contribution in [0.15, 0.2) is 40.7 Å². The van der Waals surface area contributed by atoms with Crippen molar-refractivity contribution < 1.29 is 32.6 Å². The van der Waals surface area contributed by atoms with Gasteiger partial charge in [-0.3, -0.25) is 14.7 Å². The van der Waals surface area contributed by atoms with Gasteiger partial charge in [-0.05, 0) is 19.1 Å². The molecule has 0 radical (unpaired) electrons. The first-order valence-electron chi connectivity index (χ1n) is 10.9. The van der Waals surface area contributed by atoms with E-state index in [1.165, 1.54) is 6.07 Å². The highest BCUT2D eigenvalue weighted by atomic mass is 35.5. The van der Waals surface area contributed by atoms with Gasteiger partial charge in [-0.2, -0.15) is 0 Å². The number of alkyl halides is 2. The van der Waals surface area contributed by atoms with Gasteiger partial charge in [0, 0.05) is 49.0 Å². The van der Waals surface area contributed by atoms with Crippen LogP contribution in [-0.2, 0) is 21.4 Å². The van der Waals surface area contributed by atoms with E-state index in [1.807, 2.05) is 0 Å². The molecule has 1 aromatic heterocycles. The molecule has 2 N–H and O–H groups in total. The Morgan fingerprint density at radius 2 is 2.08 bits per heavy atom. The second-order valence-electron chi connectivity index (χ2n) is 8.59. The van der Waals surface area contributed by atoms with Crippen LogP contribution in [0.2, 0.25) is 5.02 Å². The highest BCUT2D eigenvalue weighted by Gasteiger charge is 2.53. The first-order valence-corrected chi connectivity index (χ1v) is 11.3. The highest BCUT2D eigenvalue weighted by Crippen LogP contribution is 2.39. The van der Waals surface area contributed by atoms with E-state index >= 15 is 0 Å². The Balaban J connectivity index is 1.88. The van der Waals surface area contributed by atoms with Crippen LogP contribution in [-0.4, -0.2) is 69.5 Å². The number of esters is 1. The van der Waals surface area contributed by atoms with E-state index in [0.29, 0.717) is 11.5 Å². The van der Waals surface area contributed by atoms with Crippen molar-refractivity contribution in [3.63, 3.8) is 0 Å². The third-order valence-corrected chi connectivity index (χ3v) is 6.42. The molecule has 9 nitrogen and oxygen atoms in total. The second kappa shape index (κ2) is 9.58. The Labute approximate surface area is 209 Å². The van der Waals surface area contributed by atoms with Gasteiger partial charge in [-0.1, -0.05) is 17.7 Å². The summed E-state index contributed by atoms with van der Waals surface area (Å²) in [5, 5.41) is 12.5. The lowest BCUT2D eigenvalue weighted by Gasteiger charge is -2.31. The summed E-state index contributed by atoms with van der Waals surface area (Å²) < 4.78 is 49.2. The molecule has 0 aliphatic carbocycles. The third kappa shape index (κ3) is 4.70. The summed E-state index contributed by atoms with van der Waals surface area (Å²) in [6, 6.07) is 0.383. The predicted molar refractivity (Wildman–Crippen MR) is 123 cm³/mol. The Hall–Kier alpha value is -3.38. The first-order chi connectivity index (χ1) is 16.9. The number of hydrogen-bond donors (Lipinski definition) is 2. The van der Waals surface area contributed by atoms with Crippen molar-refractivity contribution in [1.82, 2.24) is 19.8 Å². The molecule has 2 unspecified atom stereocenters. The van der Waals surface area contributed by atoms with Crippen LogP contribution in [0.1, 0.15) is 29.5 Å². The number of benzene rings is 1. The molecule has 192 valence electrons. The quantitative estimate of drug-likeness (QED) is 0.558. The van der Waals surface area contributed by atoms with Crippen LogP contribution in [0.3, 0.4) is 0 Å². The fraction of sp³-hybridized carbons (Fsp3) is 0.391. The fourth-order valence-electron chi connectivity index (χ4n) is 4.50. The number of carbonyl (C=O) groups is 2. The third-order valence-electron chi connectivity index (χ3n) is 6.09. The lowest BCUT2D eigenvalue weighted by Crippen LogP contribution is -2.48. The zero-order valence-electron chi connectivity index (χ0n) is 19.6. The summed E-state index contributed by atoms with van der Waals surface area (Å²) in [6.45, 7) is 1.19. The molecule has 1 saturated heterocycles. The monoisotopic (exact) mass is 525 g/mol. The topological polar surface area (TPSA) is 109 Å². The number of likely N-dealkylation sites (tertiary alicyclic amines) is 1. The number of halogens is 4. The summed E-state index contributed by atoms with van der Waals surface area (Å²) in [5.41, 5.74) is 0.965. The molecule has 2 aliphatic heterocycles. The number of nitrogens with zero attached hydrogens (tertiary/aromatic N) is 4. The summed E-state index contributed by atoms with van der Waals surface area (Å²) in [5.74, 6) is -6.01. The van der Waals surface area contributed by atoms with E-state index in [9.17, 15) is 27.9 Å². The predicted octanol–water partition coefficient (Wildman–Crippen LogP) is 2.83. The zero-order chi connectivity index (χ0) is 26.4. The maximum absolute atomic E-state index is 14.4. The van der Waals surface area contributed by atoms with Gasteiger partial charge in [0.25, 0.3) is 5.92 Å². The molecule has 36 heavy (non-hydrogen) atoms. The van der Waals surface area contributed by atoms with Gasteiger partial charge in [-0.25, -0.2) is 22.9 Å². The molecule has 13 heteroatoms. The highest BCUT2D eigenvalue weighted by molar-refractivity contribution is 6.31. The van der Waals surface area contributed by atoms with E-state index in [-0.39, 0.29) is 40.8 Å². The van der Waals surface area contributed by atoms with E-state index in [4.69, 9.17) is 16.3 Å². The Morgan fingerprint density at radius 3 is 2.67 bits per heavy atom. The van der Waals surface area contributed by atoms with E-state index in [1.54, 1.807) is 24.7 Å². The summed E-state index contributed by atoms with van der Waals surface area (Å²) in [6.07, 6.45) is 1.08. The summed E-state index contributed by atoms with van der Waals surface area (Å²) >= 11 is 6.31. The van der Waals surface area contributed by atoms with Gasteiger partial charge >= 0.3 is 11.9 Å². The van der Waals surface area contributed by atoms with Gasteiger partial charge in [0.05, 0.1) is 18.4 Å². The molecular weight excluding hydrogens is 503 g/mol. The molecule has 3 heterocycles. The number of ether oxygens (including phenoxy) is 1. The number of nitrogens with one attached hydrogen (secondary N) is 1. The maximum Gasteiger partial charge on any atom is 0.338 e.